The molecule has 0 saturated heterocycles. The molecule has 1 aliphatic heterocycles. The van der Waals surface area contributed by atoms with Crippen LogP contribution in [-0.2, 0) is 25.5 Å². The lowest BCUT2D eigenvalue weighted by Gasteiger charge is -2.14. The molecule has 190 valence electrons. The van der Waals surface area contributed by atoms with E-state index < -0.39 is 18.2 Å². The number of nitrogens with two attached hydrogens (primary N) is 1. The number of aliphatic imine (C=N–C) groups is 1. The van der Waals surface area contributed by atoms with Crippen molar-refractivity contribution in [2.45, 2.75) is 38.2 Å². The molecule has 0 fully saturated rings. The van der Waals surface area contributed by atoms with Crippen molar-refractivity contribution in [2.75, 3.05) is 26.2 Å². The molecule has 0 amide bonds. The molecule has 1 aliphatic rings. The van der Waals surface area contributed by atoms with E-state index in [4.69, 9.17) is 24.1 Å². The summed E-state index contributed by atoms with van der Waals surface area (Å²) in [6.07, 6.45) is 6.03. The highest BCUT2D eigenvalue weighted by Crippen LogP contribution is 2.34. The molecule has 2 aromatic rings. The summed E-state index contributed by atoms with van der Waals surface area (Å²) in [5.41, 5.74) is 8.02. The largest absolute Gasteiger partial charge is 0.487 e. The summed E-state index contributed by atoms with van der Waals surface area (Å²) in [5.74, 6) is 1.60. The zero-order valence-electron chi connectivity index (χ0n) is 20.6. The van der Waals surface area contributed by atoms with Gasteiger partial charge in [0.1, 0.15) is 30.9 Å². The summed E-state index contributed by atoms with van der Waals surface area (Å²) in [6, 6.07) is 10.1. The van der Waals surface area contributed by atoms with Crippen LogP contribution in [-0.4, -0.2) is 59.5 Å². The quantitative estimate of drug-likeness (QED) is 0.195. The standard InChI is InChI=1S/C24H33N3O6SSi/c1-34(28,29)31-16-21-13-18-5-7-20(14-23(18)32-21)33-24-8-6-19(15-26-24)22(9-10-25)27-17-30-11-12-35(2,3)4/h5-10,14-15,21H,11-13,16-17,25H2,1-4H3/t21-/m0/s1. The fraction of sp³-hybridized carbons (Fsp3) is 0.417. The van der Waals surface area contributed by atoms with Gasteiger partial charge in [-0.15, -0.1) is 0 Å². The molecular formula is C24H33N3O6SSi. The third-order valence-corrected chi connectivity index (χ3v) is 7.35. The van der Waals surface area contributed by atoms with Crippen LogP contribution in [0.25, 0.3) is 0 Å². The van der Waals surface area contributed by atoms with Crippen molar-refractivity contribution in [2.24, 2.45) is 10.7 Å². The molecule has 35 heavy (non-hydrogen) atoms. The van der Waals surface area contributed by atoms with Gasteiger partial charge in [-0.25, -0.2) is 4.98 Å². The number of hydrogen-bond donors (Lipinski definition) is 1. The number of hydrogen-bond acceptors (Lipinski definition) is 9. The zero-order chi connectivity index (χ0) is 25.5. The Kier molecular flexibility index (Phi) is 9.06. The Balaban J connectivity index is 1.58. The van der Waals surface area contributed by atoms with Crippen molar-refractivity contribution in [1.82, 2.24) is 4.98 Å². The smallest absolute Gasteiger partial charge is 0.264 e. The van der Waals surface area contributed by atoms with Crippen LogP contribution in [0.3, 0.4) is 0 Å². The summed E-state index contributed by atoms with van der Waals surface area (Å²) in [7, 11) is -4.65. The first-order chi connectivity index (χ1) is 16.5. The van der Waals surface area contributed by atoms with Crippen molar-refractivity contribution in [1.29, 1.82) is 0 Å². The fourth-order valence-corrected chi connectivity index (χ4v) is 4.39. The van der Waals surface area contributed by atoms with E-state index in [2.05, 4.69) is 29.6 Å². The second-order valence-corrected chi connectivity index (χ2v) is 16.7. The Morgan fingerprint density at radius 1 is 1.29 bits per heavy atom. The summed E-state index contributed by atoms with van der Waals surface area (Å²) in [6.45, 7) is 7.84. The number of ether oxygens (including phenoxy) is 3. The van der Waals surface area contributed by atoms with Crippen molar-refractivity contribution in [3.05, 3.63) is 59.9 Å². The molecule has 0 radical (unpaired) electrons. The molecular weight excluding hydrogens is 486 g/mol. The summed E-state index contributed by atoms with van der Waals surface area (Å²) in [5, 5.41) is 0. The van der Waals surface area contributed by atoms with Gasteiger partial charge in [-0.05, 0) is 36.0 Å². The van der Waals surface area contributed by atoms with Crippen molar-refractivity contribution >= 4 is 23.9 Å². The third kappa shape index (κ3) is 9.09. The van der Waals surface area contributed by atoms with Crippen LogP contribution < -0.4 is 15.2 Å². The predicted molar refractivity (Wildman–Crippen MR) is 139 cm³/mol. The van der Waals surface area contributed by atoms with Gasteiger partial charge in [0.25, 0.3) is 10.1 Å². The first-order valence-corrected chi connectivity index (χ1v) is 16.8. The lowest BCUT2D eigenvalue weighted by atomic mass is 10.1. The monoisotopic (exact) mass is 519 g/mol. The predicted octanol–water partition coefficient (Wildman–Crippen LogP) is 3.73. The molecule has 9 nitrogen and oxygen atoms in total. The van der Waals surface area contributed by atoms with Crippen LogP contribution in [0.2, 0.25) is 25.7 Å². The Morgan fingerprint density at radius 3 is 2.74 bits per heavy atom. The second kappa shape index (κ2) is 11.8. The van der Waals surface area contributed by atoms with E-state index in [0.717, 1.165) is 23.4 Å². The number of pyridine rings is 1. The minimum Gasteiger partial charge on any atom is -0.487 e. The Bertz CT molecular complexity index is 1160. The highest BCUT2D eigenvalue weighted by atomic mass is 32.2. The SMILES string of the molecule is C[Si](C)(C)CCOCN=C(C=CN)c1ccc(Oc2ccc3c(c2)O[C@H](COS(C)(=O)=O)C3)nc1. The maximum Gasteiger partial charge on any atom is 0.264 e. The van der Waals surface area contributed by atoms with Crippen LogP contribution in [0.4, 0.5) is 0 Å². The second-order valence-electron chi connectivity index (χ2n) is 9.44. The molecule has 0 saturated carbocycles. The van der Waals surface area contributed by atoms with Gasteiger partial charge in [0.15, 0.2) is 0 Å². The maximum absolute atomic E-state index is 11.2. The molecule has 0 aliphatic carbocycles. The van der Waals surface area contributed by atoms with E-state index in [1.54, 1.807) is 24.4 Å². The van der Waals surface area contributed by atoms with Gasteiger partial charge < -0.3 is 19.9 Å². The average molecular weight is 520 g/mol. The van der Waals surface area contributed by atoms with E-state index in [0.29, 0.717) is 36.1 Å². The van der Waals surface area contributed by atoms with E-state index in [-0.39, 0.29) is 19.4 Å². The minimum atomic E-state index is -3.51. The van der Waals surface area contributed by atoms with Gasteiger partial charge >= 0.3 is 0 Å². The van der Waals surface area contributed by atoms with Gasteiger partial charge in [0.05, 0.1) is 12.0 Å². The highest BCUT2D eigenvalue weighted by Gasteiger charge is 2.25. The number of rotatable bonds is 12. The number of nitrogens with zero attached hydrogens (tertiary/aromatic N) is 2. The summed E-state index contributed by atoms with van der Waals surface area (Å²) < 4.78 is 44.6. The van der Waals surface area contributed by atoms with Crippen molar-refractivity contribution < 1.29 is 26.8 Å². The van der Waals surface area contributed by atoms with E-state index in [1.807, 2.05) is 18.2 Å². The van der Waals surface area contributed by atoms with Gasteiger partial charge in [0, 0.05) is 45.0 Å². The Morgan fingerprint density at radius 2 is 2.09 bits per heavy atom. The maximum atomic E-state index is 11.2. The van der Waals surface area contributed by atoms with Crippen LogP contribution in [0.15, 0.2) is 53.8 Å². The molecule has 2 N–H and O–H groups in total. The minimum absolute atomic E-state index is 0.0305. The molecule has 0 unspecified atom stereocenters. The van der Waals surface area contributed by atoms with E-state index in [1.165, 1.54) is 6.20 Å². The Labute approximate surface area is 208 Å². The first-order valence-electron chi connectivity index (χ1n) is 11.3. The molecule has 2 heterocycles. The first kappa shape index (κ1) is 26.9. The summed E-state index contributed by atoms with van der Waals surface area (Å²) in [4.78, 5) is 8.87. The van der Waals surface area contributed by atoms with Gasteiger partial charge in [0.2, 0.25) is 5.88 Å². The van der Waals surface area contributed by atoms with Crippen LogP contribution in [0, 0.1) is 0 Å². The molecule has 0 spiro atoms. The highest BCUT2D eigenvalue weighted by molar-refractivity contribution is 7.85. The molecule has 1 atom stereocenters. The van der Waals surface area contributed by atoms with Crippen LogP contribution in [0.5, 0.6) is 17.4 Å². The topological polar surface area (TPSA) is 122 Å². The third-order valence-electron chi connectivity index (χ3n) is 5.08. The molecule has 1 aromatic heterocycles. The number of aromatic nitrogens is 1. The van der Waals surface area contributed by atoms with Crippen molar-refractivity contribution in [3.8, 4) is 17.4 Å². The number of benzene rings is 1. The van der Waals surface area contributed by atoms with E-state index >= 15 is 0 Å². The molecule has 1 aromatic carbocycles. The zero-order valence-corrected chi connectivity index (χ0v) is 22.4. The summed E-state index contributed by atoms with van der Waals surface area (Å²) >= 11 is 0. The van der Waals surface area contributed by atoms with Crippen LogP contribution in [0.1, 0.15) is 11.1 Å². The Hall–Kier alpha value is -2.73. The fourth-order valence-electron chi connectivity index (χ4n) is 3.24. The number of fused-ring (bicyclic) bond motifs is 1. The lowest BCUT2D eigenvalue weighted by molar-refractivity contribution is 0.153. The molecule has 11 heteroatoms. The van der Waals surface area contributed by atoms with Gasteiger partial charge in [-0.2, -0.15) is 8.42 Å². The van der Waals surface area contributed by atoms with Gasteiger partial charge in [-0.3, -0.25) is 9.18 Å². The van der Waals surface area contributed by atoms with Crippen molar-refractivity contribution in [3.63, 3.8) is 0 Å². The van der Waals surface area contributed by atoms with E-state index in [9.17, 15) is 8.42 Å². The lowest BCUT2D eigenvalue weighted by Crippen LogP contribution is -2.22. The molecule has 3 rings (SSSR count). The average Bonchev–Trinajstić information content (AvgIpc) is 3.18. The normalized spacial score (nSPS) is 16.3. The number of allylic oxidation sites excluding steroid dienone is 1. The van der Waals surface area contributed by atoms with Crippen LogP contribution >= 0.6 is 0 Å². The van der Waals surface area contributed by atoms with Gasteiger partial charge in [-0.1, -0.05) is 25.7 Å². The molecule has 0 bridgehead atoms.